The first kappa shape index (κ1) is 21.1. The lowest BCUT2D eigenvalue weighted by Gasteiger charge is -2.29. The average Bonchev–Trinajstić information content (AvgIpc) is 3.16. The fourth-order valence-electron chi connectivity index (χ4n) is 3.57. The highest BCUT2D eigenvalue weighted by Crippen LogP contribution is 2.41. The monoisotopic (exact) mass is 409 g/mol. The van der Waals surface area contributed by atoms with Gasteiger partial charge < -0.3 is 15.0 Å². The molecule has 2 aliphatic heterocycles. The number of thioether (sulfide) groups is 1. The van der Waals surface area contributed by atoms with E-state index < -0.39 is 6.04 Å². The van der Waals surface area contributed by atoms with E-state index in [2.05, 4.69) is 10.2 Å². The molecule has 8 heteroatoms. The normalized spacial score (nSPS) is 23.0. The number of morpholine rings is 1. The standard InChI is InChI=1S/C20H28FN3O3S/c1-2-18(25)24-17(14-28-20(24)15-5-3-6-16(21)13-15)19(26)22-7-4-8-23-9-11-27-12-10-23/h3,5-6,13,17,20H,2,4,7-12,14H2,1H3,(H,22,26). The summed E-state index contributed by atoms with van der Waals surface area (Å²) in [5, 5.41) is 2.65. The van der Waals surface area contributed by atoms with Crippen LogP contribution in [0.1, 0.15) is 30.7 Å². The number of amides is 2. The Labute approximate surface area is 169 Å². The number of nitrogens with one attached hydrogen (secondary N) is 1. The van der Waals surface area contributed by atoms with E-state index in [1.165, 1.54) is 23.9 Å². The first-order chi connectivity index (χ1) is 13.6. The van der Waals surface area contributed by atoms with Gasteiger partial charge in [0.05, 0.1) is 13.2 Å². The predicted octanol–water partition coefficient (Wildman–Crippen LogP) is 2.02. The Balaban J connectivity index is 1.56. The van der Waals surface area contributed by atoms with Gasteiger partial charge in [0.15, 0.2) is 0 Å². The van der Waals surface area contributed by atoms with Crippen LogP contribution in [0.2, 0.25) is 0 Å². The van der Waals surface area contributed by atoms with Crippen molar-refractivity contribution in [2.45, 2.75) is 31.2 Å². The van der Waals surface area contributed by atoms with E-state index in [0.29, 0.717) is 18.7 Å². The van der Waals surface area contributed by atoms with E-state index in [4.69, 9.17) is 4.74 Å². The molecule has 2 amide bonds. The molecule has 6 nitrogen and oxygen atoms in total. The Bertz CT molecular complexity index is 684. The number of hydrogen-bond donors (Lipinski definition) is 1. The average molecular weight is 410 g/mol. The molecule has 0 aliphatic carbocycles. The lowest BCUT2D eigenvalue weighted by molar-refractivity contribution is -0.139. The Morgan fingerprint density at radius 2 is 2.11 bits per heavy atom. The van der Waals surface area contributed by atoms with Crippen molar-refractivity contribution in [1.82, 2.24) is 15.1 Å². The molecule has 2 heterocycles. The van der Waals surface area contributed by atoms with Crippen LogP contribution in [-0.2, 0) is 14.3 Å². The number of halogens is 1. The second-order valence-electron chi connectivity index (χ2n) is 7.01. The third-order valence-corrected chi connectivity index (χ3v) is 6.40. The summed E-state index contributed by atoms with van der Waals surface area (Å²) in [5.41, 5.74) is 0.717. The quantitative estimate of drug-likeness (QED) is 0.698. The van der Waals surface area contributed by atoms with Crippen molar-refractivity contribution < 1.29 is 18.7 Å². The number of ether oxygens (including phenoxy) is 1. The summed E-state index contributed by atoms with van der Waals surface area (Å²) in [6.07, 6.45) is 1.17. The fraction of sp³-hybridized carbons (Fsp3) is 0.600. The van der Waals surface area contributed by atoms with Crippen molar-refractivity contribution in [3.05, 3.63) is 35.6 Å². The third-order valence-electron chi connectivity index (χ3n) is 5.08. The molecule has 2 unspecified atom stereocenters. The second kappa shape index (κ2) is 10.2. The van der Waals surface area contributed by atoms with E-state index in [1.807, 2.05) is 0 Å². The molecular formula is C20H28FN3O3S. The summed E-state index contributed by atoms with van der Waals surface area (Å²) in [5.74, 6) is -0.0386. The minimum atomic E-state index is -0.519. The number of hydrogen-bond acceptors (Lipinski definition) is 5. The van der Waals surface area contributed by atoms with Crippen LogP contribution >= 0.6 is 11.8 Å². The largest absolute Gasteiger partial charge is 0.379 e. The smallest absolute Gasteiger partial charge is 0.243 e. The van der Waals surface area contributed by atoms with Crippen LogP contribution in [0, 0.1) is 5.82 Å². The number of carbonyl (C=O) groups excluding carboxylic acids is 2. The van der Waals surface area contributed by atoms with E-state index in [0.717, 1.165) is 44.8 Å². The van der Waals surface area contributed by atoms with Gasteiger partial charge in [0, 0.05) is 31.8 Å². The zero-order valence-electron chi connectivity index (χ0n) is 16.2. The lowest BCUT2D eigenvalue weighted by atomic mass is 10.1. The van der Waals surface area contributed by atoms with Gasteiger partial charge in [-0.3, -0.25) is 14.5 Å². The molecular weight excluding hydrogens is 381 g/mol. The van der Waals surface area contributed by atoms with Gasteiger partial charge in [-0.2, -0.15) is 0 Å². The zero-order valence-corrected chi connectivity index (χ0v) is 17.0. The molecule has 2 saturated heterocycles. The Kier molecular flexibility index (Phi) is 7.70. The molecule has 1 aromatic rings. The van der Waals surface area contributed by atoms with Crippen molar-refractivity contribution in [2.24, 2.45) is 0 Å². The van der Waals surface area contributed by atoms with Crippen molar-refractivity contribution in [1.29, 1.82) is 0 Å². The molecule has 1 aromatic carbocycles. The SMILES string of the molecule is CCC(=O)N1C(C(=O)NCCCN2CCOCC2)CSC1c1cccc(F)c1. The zero-order chi connectivity index (χ0) is 19.9. The maximum Gasteiger partial charge on any atom is 0.243 e. The summed E-state index contributed by atoms with van der Waals surface area (Å²) >= 11 is 1.51. The van der Waals surface area contributed by atoms with Gasteiger partial charge >= 0.3 is 0 Å². The van der Waals surface area contributed by atoms with E-state index >= 15 is 0 Å². The van der Waals surface area contributed by atoms with Crippen LogP contribution in [-0.4, -0.2) is 72.8 Å². The highest BCUT2D eigenvalue weighted by atomic mass is 32.2. The minimum Gasteiger partial charge on any atom is -0.379 e. The molecule has 2 atom stereocenters. The van der Waals surface area contributed by atoms with Crippen LogP contribution in [0.15, 0.2) is 24.3 Å². The third kappa shape index (κ3) is 5.24. The molecule has 0 spiro atoms. The number of rotatable bonds is 7. The first-order valence-electron chi connectivity index (χ1n) is 9.86. The van der Waals surface area contributed by atoms with Crippen LogP contribution < -0.4 is 5.32 Å². The molecule has 2 aliphatic rings. The van der Waals surface area contributed by atoms with Crippen molar-refractivity contribution in [3.8, 4) is 0 Å². The lowest BCUT2D eigenvalue weighted by Crippen LogP contribution is -2.48. The first-order valence-corrected chi connectivity index (χ1v) is 10.9. The summed E-state index contributed by atoms with van der Waals surface area (Å²) in [4.78, 5) is 29.2. The highest BCUT2D eigenvalue weighted by Gasteiger charge is 2.41. The Hall–Kier alpha value is -1.64. The summed E-state index contributed by atoms with van der Waals surface area (Å²) in [7, 11) is 0. The molecule has 0 aromatic heterocycles. The predicted molar refractivity (Wildman–Crippen MR) is 107 cm³/mol. The van der Waals surface area contributed by atoms with Gasteiger partial charge in [-0.25, -0.2) is 4.39 Å². The number of benzene rings is 1. The molecule has 2 fully saturated rings. The summed E-state index contributed by atoms with van der Waals surface area (Å²) in [6, 6.07) is 5.75. The molecule has 0 bridgehead atoms. The van der Waals surface area contributed by atoms with E-state index in [9.17, 15) is 14.0 Å². The Morgan fingerprint density at radius 3 is 2.82 bits per heavy atom. The van der Waals surface area contributed by atoms with Crippen LogP contribution in [0.25, 0.3) is 0 Å². The molecule has 154 valence electrons. The maximum absolute atomic E-state index is 13.6. The van der Waals surface area contributed by atoms with Crippen LogP contribution in [0.3, 0.4) is 0 Å². The highest BCUT2D eigenvalue weighted by molar-refractivity contribution is 7.99. The topological polar surface area (TPSA) is 61.9 Å². The van der Waals surface area contributed by atoms with E-state index in [1.54, 1.807) is 24.0 Å². The number of nitrogens with zero attached hydrogens (tertiary/aromatic N) is 2. The van der Waals surface area contributed by atoms with Crippen molar-refractivity contribution >= 4 is 23.6 Å². The molecule has 28 heavy (non-hydrogen) atoms. The fourth-order valence-corrected chi connectivity index (χ4v) is 5.01. The van der Waals surface area contributed by atoms with Crippen molar-refractivity contribution in [3.63, 3.8) is 0 Å². The molecule has 0 saturated carbocycles. The van der Waals surface area contributed by atoms with Gasteiger partial charge in [0.25, 0.3) is 0 Å². The van der Waals surface area contributed by atoms with Gasteiger partial charge in [-0.15, -0.1) is 11.8 Å². The second-order valence-corrected chi connectivity index (χ2v) is 8.12. The van der Waals surface area contributed by atoms with Gasteiger partial charge in [0.1, 0.15) is 17.2 Å². The molecule has 0 radical (unpaired) electrons. The molecule has 3 rings (SSSR count). The van der Waals surface area contributed by atoms with Gasteiger partial charge in [0.2, 0.25) is 11.8 Å². The minimum absolute atomic E-state index is 0.0901. The Morgan fingerprint density at radius 1 is 1.32 bits per heavy atom. The van der Waals surface area contributed by atoms with Crippen LogP contribution in [0.4, 0.5) is 4.39 Å². The van der Waals surface area contributed by atoms with Crippen LogP contribution in [0.5, 0.6) is 0 Å². The van der Waals surface area contributed by atoms with E-state index in [-0.39, 0.29) is 23.0 Å². The maximum atomic E-state index is 13.6. The number of carbonyl (C=O) groups is 2. The van der Waals surface area contributed by atoms with Gasteiger partial charge in [-0.05, 0) is 30.7 Å². The molecule has 1 N–H and O–H groups in total. The van der Waals surface area contributed by atoms with Gasteiger partial charge in [-0.1, -0.05) is 19.1 Å². The summed E-state index contributed by atoms with van der Waals surface area (Å²) < 4.78 is 19.0. The summed E-state index contributed by atoms with van der Waals surface area (Å²) in [6.45, 7) is 6.68. The van der Waals surface area contributed by atoms with Crippen molar-refractivity contribution in [2.75, 3.05) is 45.1 Å².